The maximum atomic E-state index is 13.1. The smallest absolute Gasteiger partial charge is 0.325 e. The average Bonchev–Trinajstić information content (AvgIpc) is 2.98. The van der Waals surface area contributed by atoms with E-state index in [0.29, 0.717) is 31.7 Å². The summed E-state index contributed by atoms with van der Waals surface area (Å²) in [6, 6.07) is 15.0. The molecule has 162 valence electrons. The predicted octanol–water partition coefficient (Wildman–Crippen LogP) is 2.80. The molecule has 0 atom stereocenters. The predicted molar refractivity (Wildman–Crippen MR) is 115 cm³/mol. The van der Waals surface area contributed by atoms with Crippen LogP contribution in [0.3, 0.4) is 0 Å². The Labute approximate surface area is 182 Å². The van der Waals surface area contributed by atoms with Crippen molar-refractivity contribution < 1.29 is 19.1 Å². The highest BCUT2D eigenvalue weighted by Crippen LogP contribution is 2.30. The molecule has 4 amide bonds. The van der Waals surface area contributed by atoms with Crippen LogP contribution < -0.4 is 10.1 Å². The lowest BCUT2D eigenvalue weighted by Crippen LogP contribution is -2.56. The summed E-state index contributed by atoms with van der Waals surface area (Å²) in [5.41, 5.74) is 2.18. The van der Waals surface area contributed by atoms with Crippen LogP contribution in [0.25, 0.3) is 0 Å². The normalized spacial score (nSPS) is 17.7. The summed E-state index contributed by atoms with van der Waals surface area (Å²) in [7, 11) is 0. The molecule has 2 aliphatic heterocycles. The van der Waals surface area contributed by atoms with Crippen molar-refractivity contribution in [1.82, 2.24) is 15.1 Å². The van der Waals surface area contributed by atoms with Gasteiger partial charge in [-0.1, -0.05) is 42.0 Å². The maximum absolute atomic E-state index is 13.1. The lowest BCUT2D eigenvalue weighted by atomic mass is 9.87. The molecule has 4 rings (SSSR count). The van der Waals surface area contributed by atoms with Gasteiger partial charge in [-0.15, -0.1) is 0 Å². The summed E-state index contributed by atoms with van der Waals surface area (Å²) < 4.78 is 5.61. The Hall–Kier alpha value is -3.35. The summed E-state index contributed by atoms with van der Waals surface area (Å²) in [6.07, 6.45) is 0.802. The van der Waals surface area contributed by atoms with Crippen LogP contribution in [-0.2, 0) is 16.1 Å². The van der Waals surface area contributed by atoms with E-state index in [1.807, 2.05) is 62.4 Å². The zero-order valence-corrected chi connectivity index (χ0v) is 17.9. The van der Waals surface area contributed by atoms with E-state index in [1.165, 1.54) is 4.90 Å². The number of amides is 4. The third-order valence-corrected chi connectivity index (χ3v) is 6.03. The quantitative estimate of drug-likeness (QED) is 0.753. The Morgan fingerprint density at radius 1 is 1.03 bits per heavy atom. The van der Waals surface area contributed by atoms with E-state index in [-0.39, 0.29) is 31.0 Å². The van der Waals surface area contributed by atoms with Crippen LogP contribution in [0.15, 0.2) is 48.5 Å². The summed E-state index contributed by atoms with van der Waals surface area (Å²) in [6.45, 7) is 4.97. The number of carbonyl (C=O) groups is 3. The van der Waals surface area contributed by atoms with Crippen molar-refractivity contribution in [2.24, 2.45) is 0 Å². The van der Waals surface area contributed by atoms with Crippen LogP contribution in [0.5, 0.6) is 5.75 Å². The minimum absolute atomic E-state index is 0.0453. The van der Waals surface area contributed by atoms with Crippen molar-refractivity contribution in [3.8, 4) is 5.75 Å². The van der Waals surface area contributed by atoms with E-state index in [0.717, 1.165) is 16.7 Å². The van der Waals surface area contributed by atoms with Crippen molar-refractivity contribution in [1.29, 1.82) is 0 Å². The van der Waals surface area contributed by atoms with Gasteiger partial charge in [-0.25, -0.2) is 4.79 Å². The zero-order chi connectivity index (χ0) is 22.0. The fourth-order valence-corrected chi connectivity index (χ4v) is 4.11. The molecule has 2 aromatic carbocycles. The third-order valence-electron chi connectivity index (χ3n) is 6.03. The molecule has 0 aliphatic carbocycles. The third kappa shape index (κ3) is 4.40. The van der Waals surface area contributed by atoms with Gasteiger partial charge in [-0.2, -0.15) is 0 Å². The molecule has 0 aromatic heterocycles. The molecule has 2 saturated heterocycles. The topological polar surface area (TPSA) is 79.0 Å². The number of carbonyl (C=O) groups excluding carboxylic acids is 3. The second kappa shape index (κ2) is 8.41. The van der Waals surface area contributed by atoms with Gasteiger partial charge in [0.25, 0.3) is 11.8 Å². The molecule has 1 spiro atoms. The molecule has 0 radical (unpaired) electrons. The molecule has 0 saturated carbocycles. The minimum atomic E-state index is -0.921. The molecular weight excluding hydrogens is 394 g/mol. The number of benzene rings is 2. The zero-order valence-electron chi connectivity index (χ0n) is 17.9. The molecule has 7 nitrogen and oxygen atoms in total. The van der Waals surface area contributed by atoms with Gasteiger partial charge in [0.1, 0.15) is 11.3 Å². The van der Waals surface area contributed by atoms with Crippen molar-refractivity contribution in [3.63, 3.8) is 0 Å². The van der Waals surface area contributed by atoms with E-state index < -0.39 is 5.54 Å². The van der Waals surface area contributed by atoms with Gasteiger partial charge in [-0.05, 0) is 49.9 Å². The van der Waals surface area contributed by atoms with Gasteiger partial charge >= 0.3 is 6.03 Å². The van der Waals surface area contributed by atoms with E-state index in [9.17, 15) is 14.4 Å². The van der Waals surface area contributed by atoms with Gasteiger partial charge < -0.3 is 15.0 Å². The first-order valence-electron chi connectivity index (χ1n) is 10.5. The number of urea groups is 1. The van der Waals surface area contributed by atoms with Crippen molar-refractivity contribution in [3.05, 3.63) is 65.2 Å². The lowest BCUT2D eigenvalue weighted by molar-refractivity contribution is -0.139. The largest absolute Gasteiger partial charge is 0.484 e. The number of hydrogen-bond donors (Lipinski definition) is 1. The van der Waals surface area contributed by atoms with E-state index in [2.05, 4.69) is 5.32 Å². The Balaban J connectivity index is 1.33. The molecule has 31 heavy (non-hydrogen) atoms. The molecule has 2 fully saturated rings. The number of ether oxygens (including phenoxy) is 1. The number of likely N-dealkylation sites (tertiary alicyclic amines) is 1. The second-order valence-electron chi connectivity index (χ2n) is 8.38. The first-order valence-corrected chi connectivity index (χ1v) is 10.5. The van der Waals surface area contributed by atoms with E-state index in [1.54, 1.807) is 4.90 Å². The number of piperidine rings is 1. The molecule has 0 bridgehead atoms. The first-order chi connectivity index (χ1) is 14.9. The maximum Gasteiger partial charge on any atom is 0.325 e. The fraction of sp³-hybridized carbons (Fsp3) is 0.375. The molecule has 2 aliphatic rings. The number of imide groups is 1. The van der Waals surface area contributed by atoms with Gasteiger partial charge in [0, 0.05) is 13.1 Å². The number of nitrogens with one attached hydrogen (secondary N) is 1. The summed E-state index contributed by atoms with van der Waals surface area (Å²) >= 11 is 0. The number of hydrogen-bond acceptors (Lipinski definition) is 4. The molecule has 0 unspecified atom stereocenters. The summed E-state index contributed by atoms with van der Waals surface area (Å²) in [5, 5.41) is 2.89. The molecular formula is C24H27N3O4. The van der Waals surface area contributed by atoms with E-state index >= 15 is 0 Å². The molecule has 2 aromatic rings. The van der Waals surface area contributed by atoms with Crippen LogP contribution >= 0.6 is 0 Å². The average molecular weight is 421 g/mol. The molecule has 7 heteroatoms. The van der Waals surface area contributed by atoms with Crippen LogP contribution in [0.1, 0.15) is 29.5 Å². The standard InChI is InChI=1S/C24H27N3O4/c1-17-6-8-19(9-7-17)15-27-22(29)24(25-23(27)30)10-12-26(13-11-24)21(28)16-31-20-5-3-4-18(2)14-20/h3-9,14H,10-13,15-16H2,1-2H3,(H,25,30). The first kappa shape index (κ1) is 20.9. The summed E-state index contributed by atoms with van der Waals surface area (Å²) in [5.74, 6) is 0.331. The van der Waals surface area contributed by atoms with Crippen molar-refractivity contribution in [2.45, 2.75) is 38.8 Å². The van der Waals surface area contributed by atoms with Crippen LogP contribution in [-0.4, -0.2) is 52.9 Å². The van der Waals surface area contributed by atoms with Gasteiger partial charge in [-0.3, -0.25) is 14.5 Å². The SMILES string of the molecule is Cc1ccc(CN2C(=O)NC3(CCN(C(=O)COc4cccc(C)c4)CC3)C2=O)cc1. The Morgan fingerprint density at radius 2 is 1.74 bits per heavy atom. The Kier molecular flexibility index (Phi) is 5.67. The van der Waals surface area contributed by atoms with Crippen LogP contribution in [0.4, 0.5) is 4.79 Å². The fourth-order valence-electron chi connectivity index (χ4n) is 4.11. The Bertz CT molecular complexity index is 994. The monoisotopic (exact) mass is 421 g/mol. The highest BCUT2D eigenvalue weighted by molar-refractivity contribution is 6.07. The Morgan fingerprint density at radius 3 is 2.42 bits per heavy atom. The number of nitrogens with zero attached hydrogens (tertiary/aromatic N) is 2. The number of rotatable bonds is 5. The van der Waals surface area contributed by atoms with Gasteiger partial charge in [0.05, 0.1) is 6.54 Å². The highest BCUT2D eigenvalue weighted by atomic mass is 16.5. The lowest BCUT2D eigenvalue weighted by Gasteiger charge is -2.37. The second-order valence-corrected chi connectivity index (χ2v) is 8.38. The molecule has 2 heterocycles. The highest BCUT2D eigenvalue weighted by Gasteiger charge is 2.52. The van der Waals surface area contributed by atoms with Crippen molar-refractivity contribution in [2.75, 3.05) is 19.7 Å². The van der Waals surface area contributed by atoms with Crippen LogP contribution in [0, 0.1) is 13.8 Å². The van der Waals surface area contributed by atoms with Gasteiger partial charge in [0.15, 0.2) is 6.61 Å². The van der Waals surface area contributed by atoms with Gasteiger partial charge in [0.2, 0.25) is 0 Å². The van der Waals surface area contributed by atoms with E-state index in [4.69, 9.17) is 4.74 Å². The van der Waals surface area contributed by atoms with Crippen LogP contribution in [0.2, 0.25) is 0 Å². The van der Waals surface area contributed by atoms with Crippen molar-refractivity contribution >= 4 is 17.8 Å². The summed E-state index contributed by atoms with van der Waals surface area (Å²) in [4.78, 5) is 41.2. The number of aryl methyl sites for hydroxylation is 2. The minimum Gasteiger partial charge on any atom is -0.484 e. The molecule has 1 N–H and O–H groups in total.